The van der Waals surface area contributed by atoms with Gasteiger partial charge in [-0.05, 0) is 36.2 Å². The first-order chi connectivity index (χ1) is 14.7. The van der Waals surface area contributed by atoms with Crippen LogP contribution < -0.4 is 5.32 Å². The van der Waals surface area contributed by atoms with E-state index in [2.05, 4.69) is 88.8 Å². The average molecular weight is 399 g/mol. The van der Waals surface area contributed by atoms with Gasteiger partial charge >= 0.3 is 6.03 Å². The van der Waals surface area contributed by atoms with E-state index < -0.39 is 0 Å². The number of urea groups is 1. The first-order valence-electron chi connectivity index (χ1n) is 10.5. The summed E-state index contributed by atoms with van der Waals surface area (Å²) in [7, 11) is 0. The van der Waals surface area contributed by atoms with Gasteiger partial charge in [0, 0.05) is 54.5 Å². The largest absolute Gasteiger partial charge is 0.361 e. The summed E-state index contributed by atoms with van der Waals surface area (Å²) in [6.07, 6.45) is 4.16. The molecule has 152 valence electrons. The first kappa shape index (κ1) is 18.6. The topological polar surface area (TPSA) is 53.1 Å². The molecule has 0 spiro atoms. The Morgan fingerprint density at radius 3 is 2.73 bits per heavy atom. The lowest BCUT2D eigenvalue weighted by atomic mass is 9.91. The highest BCUT2D eigenvalue weighted by molar-refractivity contribution is 5.84. The van der Waals surface area contributed by atoms with Gasteiger partial charge in [-0.1, -0.05) is 48.5 Å². The highest BCUT2D eigenvalue weighted by Crippen LogP contribution is 2.31. The number of para-hydroxylation sites is 1. The normalized spacial score (nSPS) is 17.0. The number of carbonyl (C=O) groups excluding carboxylic acids is 1. The van der Waals surface area contributed by atoms with Gasteiger partial charge in [-0.25, -0.2) is 4.79 Å². The molecule has 30 heavy (non-hydrogen) atoms. The Labute approximate surface area is 176 Å². The van der Waals surface area contributed by atoms with Crippen molar-refractivity contribution in [3.8, 4) is 0 Å². The summed E-state index contributed by atoms with van der Waals surface area (Å²) in [5, 5.41) is 4.42. The maximum atomic E-state index is 13.1. The number of aromatic nitrogens is 2. The molecule has 0 saturated heterocycles. The molecular weight excluding hydrogens is 372 g/mol. The smallest absolute Gasteiger partial charge is 0.318 e. The van der Waals surface area contributed by atoms with Crippen LogP contribution in [0.15, 0.2) is 79.1 Å². The van der Waals surface area contributed by atoms with E-state index in [-0.39, 0.29) is 18.0 Å². The number of nitrogens with one attached hydrogen (secondary N) is 2. The van der Waals surface area contributed by atoms with Crippen molar-refractivity contribution in [2.45, 2.75) is 25.4 Å². The molecule has 1 aliphatic rings. The fraction of sp³-hybridized carbons (Fsp3) is 0.240. The lowest BCUT2D eigenvalue weighted by Gasteiger charge is -2.35. The van der Waals surface area contributed by atoms with E-state index in [1.807, 2.05) is 17.0 Å². The molecule has 2 N–H and O–H groups in total. The van der Waals surface area contributed by atoms with E-state index in [1.165, 1.54) is 22.2 Å². The van der Waals surface area contributed by atoms with Crippen molar-refractivity contribution in [2.75, 3.05) is 13.1 Å². The highest BCUT2D eigenvalue weighted by Gasteiger charge is 2.28. The second-order valence-electron chi connectivity index (χ2n) is 7.93. The van der Waals surface area contributed by atoms with Crippen molar-refractivity contribution in [3.63, 3.8) is 0 Å². The number of amides is 2. The molecule has 2 amide bonds. The van der Waals surface area contributed by atoms with E-state index in [4.69, 9.17) is 0 Å². The third-order valence-electron chi connectivity index (χ3n) is 6.26. The minimum atomic E-state index is -0.00396. The molecule has 2 aromatic carbocycles. The van der Waals surface area contributed by atoms with Gasteiger partial charge in [0.1, 0.15) is 0 Å². The fourth-order valence-corrected chi connectivity index (χ4v) is 4.62. The highest BCUT2D eigenvalue weighted by atomic mass is 16.2. The lowest BCUT2D eigenvalue weighted by Crippen LogP contribution is -2.47. The van der Waals surface area contributed by atoms with Crippen LogP contribution in [0.5, 0.6) is 0 Å². The van der Waals surface area contributed by atoms with Crippen LogP contribution in [0.3, 0.4) is 0 Å². The van der Waals surface area contributed by atoms with Crippen molar-refractivity contribution < 1.29 is 4.79 Å². The van der Waals surface area contributed by atoms with Gasteiger partial charge in [-0.2, -0.15) is 0 Å². The van der Waals surface area contributed by atoms with Crippen LogP contribution >= 0.6 is 0 Å². The Morgan fingerprint density at radius 1 is 1.07 bits per heavy atom. The molecule has 5 rings (SSSR count). The van der Waals surface area contributed by atoms with Gasteiger partial charge in [0.25, 0.3) is 0 Å². The number of carbonyl (C=O) groups is 1. The number of H-pyrrole nitrogens is 1. The minimum absolute atomic E-state index is 0.00396. The molecule has 2 unspecified atom stereocenters. The summed E-state index contributed by atoms with van der Waals surface area (Å²) in [6.45, 7) is 4.20. The molecule has 2 aromatic heterocycles. The Hall–Kier alpha value is -3.47. The fourth-order valence-electron chi connectivity index (χ4n) is 4.62. The number of fused-ring (bicyclic) bond motifs is 2. The van der Waals surface area contributed by atoms with Crippen molar-refractivity contribution in [3.05, 3.63) is 95.9 Å². The van der Waals surface area contributed by atoms with Gasteiger partial charge in [0.2, 0.25) is 0 Å². The standard InChI is InChI=1S/C25H26N4O/c1-18-24-12-7-13-28(24)14-15-29(18)25(30)27-16-21(19-8-3-2-4-9-19)22-17-26-23-11-6-5-10-20(22)23/h2-13,17-18,21,26H,14-16H2,1H3,(H,27,30). The van der Waals surface area contributed by atoms with Crippen LogP contribution in [0.25, 0.3) is 10.9 Å². The molecule has 0 radical (unpaired) electrons. The SMILES string of the molecule is CC1c2cccn2CCN1C(=O)NCC(c1ccccc1)c1c[nH]c2ccccc12. The Balaban J connectivity index is 1.39. The lowest BCUT2D eigenvalue weighted by molar-refractivity contribution is 0.162. The van der Waals surface area contributed by atoms with Crippen LogP contribution in [0, 0.1) is 0 Å². The van der Waals surface area contributed by atoms with Crippen molar-refractivity contribution in [1.29, 1.82) is 0 Å². The zero-order valence-corrected chi connectivity index (χ0v) is 17.1. The molecule has 0 aliphatic carbocycles. The van der Waals surface area contributed by atoms with E-state index in [9.17, 15) is 4.79 Å². The third-order valence-corrected chi connectivity index (χ3v) is 6.26. The molecule has 5 nitrogen and oxygen atoms in total. The number of hydrogen-bond acceptors (Lipinski definition) is 1. The Kier molecular flexibility index (Phi) is 4.79. The van der Waals surface area contributed by atoms with Crippen molar-refractivity contribution in [2.24, 2.45) is 0 Å². The molecule has 5 heteroatoms. The number of rotatable bonds is 4. The third kappa shape index (κ3) is 3.26. The van der Waals surface area contributed by atoms with Crippen LogP contribution in [0.1, 0.15) is 35.7 Å². The summed E-state index contributed by atoms with van der Waals surface area (Å²) >= 11 is 0. The number of hydrogen-bond donors (Lipinski definition) is 2. The summed E-state index contributed by atoms with van der Waals surface area (Å²) in [4.78, 5) is 18.4. The van der Waals surface area contributed by atoms with Crippen LogP contribution in [-0.4, -0.2) is 33.6 Å². The van der Waals surface area contributed by atoms with Gasteiger partial charge in [-0.3, -0.25) is 0 Å². The molecule has 1 aliphatic heterocycles. The second-order valence-corrected chi connectivity index (χ2v) is 7.93. The maximum Gasteiger partial charge on any atom is 0.318 e. The van der Waals surface area contributed by atoms with Gasteiger partial charge in [0.05, 0.1) is 6.04 Å². The number of benzene rings is 2. The van der Waals surface area contributed by atoms with Gasteiger partial charge in [-0.15, -0.1) is 0 Å². The number of nitrogens with zero attached hydrogens (tertiary/aromatic N) is 2. The van der Waals surface area contributed by atoms with Crippen LogP contribution in [0.4, 0.5) is 4.79 Å². The molecule has 2 atom stereocenters. The summed E-state index contributed by atoms with van der Waals surface area (Å²) in [6, 6.07) is 22.9. The van der Waals surface area contributed by atoms with E-state index in [0.717, 1.165) is 18.6 Å². The van der Waals surface area contributed by atoms with Crippen LogP contribution in [-0.2, 0) is 6.54 Å². The van der Waals surface area contributed by atoms with E-state index >= 15 is 0 Å². The Bertz CT molecular complexity index is 1160. The quantitative estimate of drug-likeness (QED) is 0.505. The first-order valence-corrected chi connectivity index (χ1v) is 10.5. The molecule has 0 saturated carbocycles. The zero-order valence-electron chi connectivity index (χ0n) is 17.1. The molecule has 3 heterocycles. The Morgan fingerprint density at radius 2 is 1.87 bits per heavy atom. The molecule has 0 fully saturated rings. The predicted octanol–water partition coefficient (Wildman–Crippen LogP) is 4.89. The summed E-state index contributed by atoms with van der Waals surface area (Å²) in [5.41, 5.74) is 4.71. The van der Waals surface area contributed by atoms with E-state index in [0.29, 0.717) is 6.54 Å². The maximum absolute atomic E-state index is 13.1. The molecule has 4 aromatic rings. The van der Waals surface area contributed by atoms with Crippen molar-refractivity contribution >= 4 is 16.9 Å². The second kappa shape index (κ2) is 7.75. The molecule has 0 bridgehead atoms. The van der Waals surface area contributed by atoms with Gasteiger partial charge in [0.15, 0.2) is 0 Å². The predicted molar refractivity (Wildman–Crippen MR) is 120 cm³/mol. The molecular formula is C25H26N4O. The minimum Gasteiger partial charge on any atom is -0.361 e. The van der Waals surface area contributed by atoms with Gasteiger partial charge < -0.3 is 19.8 Å². The summed E-state index contributed by atoms with van der Waals surface area (Å²) < 4.78 is 2.23. The number of aromatic amines is 1. The monoisotopic (exact) mass is 398 g/mol. The zero-order chi connectivity index (χ0) is 20.5. The van der Waals surface area contributed by atoms with Crippen LogP contribution in [0.2, 0.25) is 0 Å². The average Bonchev–Trinajstić information content (AvgIpc) is 3.43. The van der Waals surface area contributed by atoms with E-state index in [1.54, 1.807) is 0 Å². The summed E-state index contributed by atoms with van der Waals surface area (Å²) in [5.74, 6) is 0.0789. The van der Waals surface area contributed by atoms with Crippen molar-refractivity contribution in [1.82, 2.24) is 19.8 Å².